The molecule has 112 valence electrons. The topological polar surface area (TPSA) is 44.2 Å². The lowest BCUT2D eigenvalue weighted by Gasteiger charge is -2.14. The summed E-state index contributed by atoms with van der Waals surface area (Å²) in [6, 6.07) is 5.74. The zero-order valence-corrected chi connectivity index (χ0v) is 14.3. The Kier molecular flexibility index (Phi) is 5.17. The summed E-state index contributed by atoms with van der Waals surface area (Å²) in [5.74, 6) is 1.50. The molecule has 1 aromatic heterocycles. The van der Waals surface area contributed by atoms with Crippen LogP contribution in [0.1, 0.15) is 25.2 Å². The Morgan fingerprint density at radius 2 is 1.71 bits per heavy atom. The number of aryl methyl sites for hydroxylation is 2. The molecule has 0 saturated carbocycles. The standard InChI is InChI=1S/C16H19BrN2O2/c1-5-12-15(18-13(6-2)16(17)19-12)11-8-7-10(20-3)9-14(11)21-4/h7-9H,5-6H2,1-4H3. The first-order chi connectivity index (χ1) is 10.1. The van der Waals surface area contributed by atoms with E-state index in [0.717, 1.165) is 51.6 Å². The van der Waals surface area contributed by atoms with Crippen molar-refractivity contribution in [2.75, 3.05) is 14.2 Å². The number of aromatic nitrogens is 2. The molecule has 2 rings (SSSR count). The molecule has 0 bridgehead atoms. The average Bonchev–Trinajstić information content (AvgIpc) is 2.53. The van der Waals surface area contributed by atoms with Gasteiger partial charge in [-0.1, -0.05) is 13.8 Å². The van der Waals surface area contributed by atoms with Crippen molar-refractivity contribution in [2.45, 2.75) is 26.7 Å². The molecular weight excluding hydrogens is 332 g/mol. The van der Waals surface area contributed by atoms with Crippen LogP contribution < -0.4 is 9.47 Å². The maximum absolute atomic E-state index is 5.49. The van der Waals surface area contributed by atoms with E-state index in [-0.39, 0.29) is 0 Å². The molecule has 0 aliphatic heterocycles. The number of methoxy groups -OCH3 is 2. The summed E-state index contributed by atoms with van der Waals surface area (Å²) in [5, 5.41) is 0. The van der Waals surface area contributed by atoms with Gasteiger partial charge >= 0.3 is 0 Å². The van der Waals surface area contributed by atoms with Crippen molar-refractivity contribution < 1.29 is 9.47 Å². The predicted molar refractivity (Wildman–Crippen MR) is 87.0 cm³/mol. The number of benzene rings is 1. The first-order valence-corrected chi connectivity index (χ1v) is 7.71. The molecule has 0 spiro atoms. The molecule has 0 aliphatic rings. The van der Waals surface area contributed by atoms with Gasteiger partial charge in [0.1, 0.15) is 16.1 Å². The minimum absolute atomic E-state index is 0.739. The van der Waals surface area contributed by atoms with Gasteiger partial charge in [0.25, 0.3) is 0 Å². The van der Waals surface area contributed by atoms with Crippen LogP contribution in [0.25, 0.3) is 11.3 Å². The Balaban J connectivity index is 2.65. The maximum atomic E-state index is 5.49. The van der Waals surface area contributed by atoms with Gasteiger partial charge < -0.3 is 9.47 Å². The van der Waals surface area contributed by atoms with Crippen LogP contribution in [0.5, 0.6) is 11.5 Å². The molecule has 0 unspecified atom stereocenters. The van der Waals surface area contributed by atoms with E-state index in [0.29, 0.717) is 0 Å². The Morgan fingerprint density at radius 3 is 2.29 bits per heavy atom. The first-order valence-electron chi connectivity index (χ1n) is 6.92. The average molecular weight is 351 g/mol. The van der Waals surface area contributed by atoms with Crippen LogP contribution in [0.4, 0.5) is 0 Å². The largest absolute Gasteiger partial charge is 0.497 e. The molecule has 0 N–H and O–H groups in total. The summed E-state index contributed by atoms with van der Waals surface area (Å²) in [6.45, 7) is 4.14. The lowest BCUT2D eigenvalue weighted by Crippen LogP contribution is -2.03. The van der Waals surface area contributed by atoms with Crippen LogP contribution in [0.3, 0.4) is 0 Å². The molecule has 2 aromatic rings. The maximum Gasteiger partial charge on any atom is 0.132 e. The molecule has 0 fully saturated rings. The first kappa shape index (κ1) is 15.8. The molecule has 1 heterocycles. The summed E-state index contributed by atoms with van der Waals surface area (Å²) >= 11 is 3.49. The highest BCUT2D eigenvalue weighted by Gasteiger charge is 2.16. The smallest absolute Gasteiger partial charge is 0.132 e. The Morgan fingerprint density at radius 1 is 1.00 bits per heavy atom. The van der Waals surface area contributed by atoms with Crippen molar-refractivity contribution in [2.24, 2.45) is 0 Å². The summed E-state index contributed by atoms with van der Waals surface area (Å²) in [4.78, 5) is 9.39. The molecule has 0 aliphatic carbocycles. The molecule has 21 heavy (non-hydrogen) atoms. The van der Waals surface area contributed by atoms with Crippen molar-refractivity contribution in [3.8, 4) is 22.8 Å². The third-order valence-corrected chi connectivity index (χ3v) is 3.96. The Bertz CT molecular complexity index is 644. The van der Waals surface area contributed by atoms with Gasteiger partial charge in [-0.3, -0.25) is 0 Å². The molecule has 5 heteroatoms. The van der Waals surface area contributed by atoms with E-state index in [1.54, 1.807) is 14.2 Å². The second-order valence-electron chi connectivity index (χ2n) is 4.53. The molecule has 1 aromatic carbocycles. The molecule has 4 nitrogen and oxygen atoms in total. The van der Waals surface area contributed by atoms with Crippen LogP contribution in [0.2, 0.25) is 0 Å². The van der Waals surface area contributed by atoms with E-state index >= 15 is 0 Å². The highest BCUT2D eigenvalue weighted by molar-refractivity contribution is 9.10. The molecule has 0 saturated heterocycles. The van der Waals surface area contributed by atoms with E-state index in [1.807, 2.05) is 18.2 Å². The van der Waals surface area contributed by atoms with Crippen molar-refractivity contribution >= 4 is 15.9 Å². The zero-order valence-electron chi connectivity index (χ0n) is 12.7. The summed E-state index contributed by atoms with van der Waals surface area (Å²) in [7, 11) is 3.29. The van der Waals surface area contributed by atoms with Gasteiger partial charge in [-0.2, -0.15) is 0 Å². The van der Waals surface area contributed by atoms with Gasteiger partial charge in [-0.25, -0.2) is 9.97 Å². The van der Waals surface area contributed by atoms with Gasteiger partial charge in [-0.05, 0) is 40.9 Å². The van der Waals surface area contributed by atoms with Crippen molar-refractivity contribution in [1.29, 1.82) is 0 Å². The van der Waals surface area contributed by atoms with Crippen molar-refractivity contribution in [3.05, 3.63) is 34.2 Å². The van der Waals surface area contributed by atoms with Gasteiger partial charge in [-0.15, -0.1) is 0 Å². The number of halogens is 1. The Labute approximate surface area is 133 Å². The summed E-state index contributed by atoms with van der Waals surface area (Å²) in [5.41, 5.74) is 3.70. The van der Waals surface area contributed by atoms with E-state index in [2.05, 4.69) is 34.8 Å². The quantitative estimate of drug-likeness (QED) is 0.815. The third kappa shape index (κ3) is 3.18. The van der Waals surface area contributed by atoms with Crippen LogP contribution in [0.15, 0.2) is 22.8 Å². The second kappa shape index (κ2) is 6.89. The molecular formula is C16H19BrN2O2. The van der Waals surface area contributed by atoms with E-state index in [9.17, 15) is 0 Å². The SMILES string of the molecule is CCc1nc(-c2ccc(OC)cc2OC)c(CC)nc1Br. The number of rotatable bonds is 5. The van der Waals surface area contributed by atoms with Crippen molar-refractivity contribution in [1.82, 2.24) is 9.97 Å². The minimum Gasteiger partial charge on any atom is -0.497 e. The molecule has 0 amide bonds. The van der Waals surface area contributed by atoms with E-state index in [4.69, 9.17) is 14.5 Å². The zero-order chi connectivity index (χ0) is 15.4. The van der Waals surface area contributed by atoms with Crippen LogP contribution in [-0.4, -0.2) is 24.2 Å². The number of hydrogen-bond acceptors (Lipinski definition) is 4. The summed E-state index contributed by atoms with van der Waals surface area (Å²) < 4.78 is 11.5. The fraction of sp³-hybridized carbons (Fsp3) is 0.375. The van der Waals surface area contributed by atoms with Crippen molar-refractivity contribution in [3.63, 3.8) is 0 Å². The minimum atomic E-state index is 0.739. The fourth-order valence-electron chi connectivity index (χ4n) is 2.16. The van der Waals surface area contributed by atoms with Crippen LogP contribution >= 0.6 is 15.9 Å². The third-order valence-electron chi connectivity index (χ3n) is 3.32. The number of hydrogen-bond donors (Lipinski definition) is 0. The molecule has 0 atom stereocenters. The number of ether oxygens (including phenoxy) is 2. The van der Waals surface area contributed by atoms with Gasteiger partial charge in [0.2, 0.25) is 0 Å². The van der Waals surface area contributed by atoms with Gasteiger partial charge in [0.15, 0.2) is 0 Å². The fourth-order valence-corrected chi connectivity index (χ4v) is 2.75. The van der Waals surface area contributed by atoms with E-state index < -0.39 is 0 Å². The predicted octanol–water partition coefficient (Wildman–Crippen LogP) is 4.05. The monoisotopic (exact) mass is 350 g/mol. The van der Waals surface area contributed by atoms with Crippen LogP contribution in [-0.2, 0) is 12.8 Å². The highest BCUT2D eigenvalue weighted by atomic mass is 79.9. The second-order valence-corrected chi connectivity index (χ2v) is 5.28. The van der Waals surface area contributed by atoms with Crippen LogP contribution in [0, 0.1) is 0 Å². The number of nitrogens with zero attached hydrogens (tertiary/aromatic N) is 2. The lowest BCUT2D eigenvalue weighted by atomic mass is 10.1. The van der Waals surface area contributed by atoms with E-state index in [1.165, 1.54) is 0 Å². The molecule has 0 radical (unpaired) electrons. The summed E-state index contributed by atoms with van der Waals surface area (Å²) in [6.07, 6.45) is 1.63. The van der Waals surface area contributed by atoms with Gasteiger partial charge in [0.05, 0.1) is 31.3 Å². The lowest BCUT2D eigenvalue weighted by molar-refractivity contribution is 0.395. The highest BCUT2D eigenvalue weighted by Crippen LogP contribution is 2.34. The normalized spacial score (nSPS) is 10.5. The van der Waals surface area contributed by atoms with Gasteiger partial charge in [0, 0.05) is 11.6 Å². The Hall–Kier alpha value is -1.62.